The third kappa shape index (κ3) is 1.72. The van der Waals surface area contributed by atoms with Crippen molar-refractivity contribution in [3.05, 3.63) is 24.5 Å². The molecule has 1 aromatic rings. The molecule has 1 aliphatic heterocycles. The second kappa shape index (κ2) is 3.46. The summed E-state index contributed by atoms with van der Waals surface area (Å²) in [6.07, 6.45) is 3.98. The summed E-state index contributed by atoms with van der Waals surface area (Å²) >= 11 is 3.44. The Balaban J connectivity index is 2.23. The maximum absolute atomic E-state index is 11.5. The van der Waals surface area contributed by atoms with Gasteiger partial charge in [-0.3, -0.25) is 9.78 Å². The maximum atomic E-state index is 11.5. The number of rotatable bonds is 1. The number of alkyl halides is 1. The van der Waals surface area contributed by atoms with Crippen molar-refractivity contribution in [2.45, 2.75) is 11.2 Å². The number of carbonyl (C=O) groups excluding carboxylic acids is 1. The third-order valence-corrected chi connectivity index (χ3v) is 2.67. The van der Waals surface area contributed by atoms with Gasteiger partial charge >= 0.3 is 0 Å². The molecule has 1 atom stereocenters. The van der Waals surface area contributed by atoms with E-state index in [9.17, 15) is 4.79 Å². The lowest BCUT2D eigenvalue weighted by Crippen LogP contribution is -2.24. The van der Waals surface area contributed by atoms with E-state index in [1.165, 1.54) is 0 Å². The van der Waals surface area contributed by atoms with E-state index in [0.29, 0.717) is 6.42 Å². The zero-order valence-corrected chi connectivity index (χ0v) is 8.57. The molecule has 2 rings (SSSR count). The Morgan fingerprint density at radius 2 is 2.15 bits per heavy atom. The minimum absolute atomic E-state index is 0.174. The fraction of sp³-hybridized carbons (Fsp3) is 0.333. The van der Waals surface area contributed by atoms with Gasteiger partial charge in [-0.2, -0.15) is 0 Å². The highest BCUT2D eigenvalue weighted by molar-refractivity contribution is 9.09. The SMILES string of the molecule is O=C1CC(Br)CN1c1ccncc1. The minimum Gasteiger partial charge on any atom is -0.311 e. The van der Waals surface area contributed by atoms with Gasteiger partial charge in [0.2, 0.25) is 5.91 Å². The number of pyridine rings is 1. The Morgan fingerprint density at radius 1 is 1.46 bits per heavy atom. The van der Waals surface area contributed by atoms with Crippen molar-refractivity contribution in [3.63, 3.8) is 0 Å². The normalized spacial score (nSPS) is 22.4. The van der Waals surface area contributed by atoms with Gasteiger partial charge in [0.15, 0.2) is 0 Å². The summed E-state index contributed by atoms with van der Waals surface area (Å²) in [6, 6.07) is 3.70. The van der Waals surface area contributed by atoms with Gasteiger partial charge in [-0.1, -0.05) is 15.9 Å². The van der Waals surface area contributed by atoms with E-state index in [2.05, 4.69) is 20.9 Å². The Morgan fingerprint density at radius 3 is 2.69 bits per heavy atom. The van der Waals surface area contributed by atoms with Crippen molar-refractivity contribution in [2.24, 2.45) is 0 Å². The second-order valence-corrected chi connectivity index (χ2v) is 4.31. The summed E-state index contributed by atoms with van der Waals surface area (Å²) in [4.78, 5) is 17.4. The topological polar surface area (TPSA) is 33.2 Å². The number of amides is 1. The van der Waals surface area contributed by atoms with Gasteiger partial charge in [0.1, 0.15) is 0 Å². The maximum Gasteiger partial charge on any atom is 0.228 e. The summed E-state index contributed by atoms with van der Waals surface area (Å²) in [6.45, 7) is 0.753. The zero-order valence-electron chi connectivity index (χ0n) is 6.98. The van der Waals surface area contributed by atoms with Gasteiger partial charge in [0, 0.05) is 35.9 Å². The molecule has 0 spiro atoms. The van der Waals surface area contributed by atoms with Gasteiger partial charge in [0.25, 0.3) is 0 Å². The van der Waals surface area contributed by atoms with Crippen LogP contribution in [0, 0.1) is 0 Å². The van der Waals surface area contributed by atoms with E-state index < -0.39 is 0 Å². The fourth-order valence-electron chi connectivity index (χ4n) is 1.44. The largest absolute Gasteiger partial charge is 0.311 e. The van der Waals surface area contributed by atoms with Crippen LogP contribution in [0.25, 0.3) is 0 Å². The lowest BCUT2D eigenvalue weighted by atomic mass is 10.4. The van der Waals surface area contributed by atoms with E-state index in [1.807, 2.05) is 12.1 Å². The number of nitrogens with zero attached hydrogens (tertiary/aromatic N) is 2. The van der Waals surface area contributed by atoms with Crippen molar-refractivity contribution in [1.82, 2.24) is 4.98 Å². The molecule has 3 nitrogen and oxygen atoms in total. The number of aromatic nitrogens is 1. The number of hydrogen-bond donors (Lipinski definition) is 0. The summed E-state index contributed by atoms with van der Waals surface area (Å²) in [5.74, 6) is 0.174. The van der Waals surface area contributed by atoms with Crippen LogP contribution in [0.4, 0.5) is 5.69 Å². The van der Waals surface area contributed by atoms with Crippen molar-refractivity contribution in [2.75, 3.05) is 11.4 Å². The Kier molecular flexibility index (Phi) is 2.31. The first-order chi connectivity index (χ1) is 6.27. The zero-order chi connectivity index (χ0) is 9.26. The van der Waals surface area contributed by atoms with Crippen LogP contribution in [-0.4, -0.2) is 22.3 Å². The summed E-state index contributed by atoms with van der Waals surface area (Å²) in [7, 11) is 0. The van der Waals surface area contributed by atoms with Crippen LogP contribution in [0.2, 0.25) is 0 Å². The van der Waals surface area contributed by atoms with Crippen LogP contribution in [0.5, 0.6) is 0 Å². The number of halogens is 1. The molecule has 0 aromatic carbocycles. The summed E-state index contributed by atoms with van der Waals surface area (Å²) < 4.78 is 0. The fourth-order valence-corrected chi connectivity index (χ4v) is 2.00. The Bertz CT molecular complexity index is 315. The molecule has 1 aromatic heterocycles. The molecule has 1 fully saturated rings. The minimum atomic E-state index is 0.174. The molecular formula is C9H9BrN2O. The second-order valence-electron chi connectivity index (χ2n) is 3.01. The van der Waals surface area contributed by atoms with Crippen molar-refractivity contribution >= 4 is 27.5 Å². The number of anilines is 1. The molecule has 0 aliphatic carbocycles. The Hall–Kier alpha value is -0.900. The molecule has 0 radical (unpaired) electrons. The molecule has 2 heterocycles. The molecule has 13 heavy (non-hydrogen) atoms. The molecule has 68 valence electrons. The van der Waals surface area contributed by atoms with Gasteiger partial charge < -0.3 is 4.90 Å². The number of carbonyl (C=O) groups is 1. The molecule has 1 unspecified atom stereocenters. The monoisotopic (exact) mass is 240 g/mol. The standard InChI is InChI=1S/C9H9BrN2O/c10-7-5-9(13)12(6-7)8-1-3-11-4-2-8/h1-4,7H,5-6H2. The Labute approximate surface area is 84.9 Å². The van der Waals surface area contributed by atoms with Crippen LogP contribution in [0.1, 0.15) is 6.42 Å². The molecule has 4 heteroatoms. The molecule has 1 saturated heterocycles. The highest BCUT2D eigenvalue weighted by atomic mass is 79.9. The van der Waals surface area contributed by atoms with E-state index >= 15 is 0 Å². The quantitative estimate of drug-likeness (QED) is 0.699. The van der Waals surface area contributed by atoms with E-state index in [-0.39, 0.29) is 10.7 Å². The highest BCUT2D eigenvalue weighted by Gasteiger charge is 2.28. The predicted octanol–water partition coefficient (Wildman–Crippen LogP) is 1.58. The summed E-state index contributed by atoms with van der Waals surface area (Å²) in [5.41, 5.74) is 0.932. The third-order valence-electron chi connectivity index (χ3n) is 2.05. The molecule has 1 amide bonds. The number of hydrogen-bond acceptors (Lipinski definition) is 2. The van der Waals surface area contributed by atoms with Crippen LogP contribution >= 0.6 is 15.9 Å². The van der Waals surface area contributed by atoms with Crippen molar-refractivity contribution in [1.29, 1.82) is 0 Å². The first-order valence-corrected chi connectivity index (χ1v) is 5.03. The average Bonchev–Trinajstić information content (AvgIpc) is 2.47. The van der Waals surface area contributed by atoms with Crippen LogP contribution in [0.3, 0.4) is 0 Å². The molecule has 0 saturated carbocycles. The van der Waals surface area contributed by atoms with Crippen LogP contribution < -0.4 is 4.90 Å². The summed E-state index contributed by atoms with van der Waals surface area (Å²) in [5, 5.41) is 0. The first-order valence-electron chi connectivity index (χ1n) is 4.12. The molecule has 1 aliphatic rings. The average molecular weight is 241 g/mol. The molecule has 0 bridgehead atoms. The van der Waals surface area contributed by atoms with E-state index in [4.69, 9.17) is 0 Å². The van der Waals surface area contributed by atoms with Crippen molar-refractivity contribution < 1.29 is 4.79 Å². The predicted molar refractivity (Wildman–Crippen MR) is 53.9 cm³/mol. The van der Waals surface area contributed by atoms with Crippen LogP contribution in [0.15, 0.2) is 24.5 Å². The highest BCUT2D eigenvalue weighted by Crippen LogP contribution is 2.23. The lowest BCUT2D eigenvalue weighted by Gasteiger charge is -2.14. The lowest BCUT2D eigenvalue weighted by molar-refractivity contribution is -0.117. The van der Waals surface area contributed by atoms with Gasteiger partial charge in [-0.25, -0.2) is 0 Å². The van der Waals surface area contributed by atoms with Crippen molar-refractivity contribution in [3.8, 4) is 0 Å². The van der Waals surface area contributed by atoms with E-state index in [0.717, 1.165) is 12.2 Å². The van der Waals surface area contributed by atoms with Crippen LogP contribution in [-0.2, 0) is 4.79 Å². The molecule has 0 N–H and O–H groups in total. The smallest absolute Gasteiger partial charge is 0.228 e. The first kappa shape index (κ1) is 8.69. The van der Waals surface area contributed by atoms with E-state index in [1.54, 1.807) is 17.3 Å². The van der Waals surface area contributed by atoms with Gasteiger partial charge in [-0.15, -0.1) is 0 Å². The molecular weight excluding hydrogens is 232 g/mol. The van der Waals surface area contributed by atoms with Gasteiger partial charge in [0.05, 0.1) is 0 Å². The van der Waals surface area contributed by atoms with Gasteiger partial charge in [-0.05, 0) is 12.1 Å².